The fourth-order valence-corrected chi connectivity index (χ4v) is 5.75. The first-order chi connectivity index (χ1) is 18.5. The summed E-state index contributed by atoms with van der Waals surface area (Å²) in [5.74, 6) is -2.61. The topological polar surface area (TPSA) is 89.6 Å². The Morgan fingerprint density at radius 2 is 1.84 bits per heavy atom. The summed E-state index contributed by atoms with van der Waals surface area (Å²) >= 11 is 0. The third kappa shape index (κ3) is 4.28. The van der Waals surface area contributed by atoms with Crippen molar-refractivity contribution in [3.63, 3.8) is 0 Å². The van der Waals surface area contributed by atoms with Gasteiger partial charge in [-0.1, -0.05) is 0 Å². The summed E-state index contributed by atoms with van der Waals surface area (Å²) in [5, 5.41) is 9.74. The van der Waals surface area contributed by atoms with E-state index in [9.17, 15) is 8.78 Å². The highest BCUT2D eigenvalue weighted by Gasteiger charge is 2.37. The van der Waals surface area contributed by atoms with E-state index < -0.39 is 5.92 Å². The minimum absolute atomic E-state index is 0.0928. The zero-order chi connectivity index (χ0) is 25.7. The van der Waals surface area contributed by atoms with Crippen molar-refractivity contribution >= 4 is 27.6 Å². The molecule has 0 spiro atoms. The van der Waals surface area contributed by atoms with Gasteiger partial charge in [-0.05, 0) is 49.1 Å². The van der Waals surface area contributed by atoms with Gasteiger partial charge in [0.2, 0.25) is 0 Å². The second-order valence-corrected chi connectivity index (χ2v) is 10.4. The molecular weight excluding hydrogens is 486 g/mol. The van der Waals surface area contributed by atoms with E-state index in [0.29, 0.717) is 13.1 Å². The summed E-state index contributed by atoms with van der Waals surface area (Å²) < 4.78 is 27.3. The van der Waals surface area contributed by atoms with E-state index in [1.807, 2.05) is 18.3 Å². The van der Waals surface area contributed by atoms with Crippen LogP contribution in [-0.4, -0.2) is 67.1 Å². The van der Waals surface area contributed by atoms with Crippen LogP contribution in [-0.2, 0) is 6.54 Å². The molecule has 5 aromatic heterocycles. The zero-order valence-electron chi connectivity index (χ0n) is 20.9. The molecule has 7 rings (SSSR count). The maximum Gasteiger partial charge on any atom is 0.261 e. The van der Waals surface area contributed by atoms with Gasteiger partial charge in [-0.3, -0.25) is 20.0 Å². The lowest BCUT2D eigenvalue weighted by Crippen LogP contribution is -2.29. The summed E-state index contributed by atoms with van der Waals surface area (Å²) in [4.78, 5) is 21.3. The first kappa shape index (κ1) is 23.2. The number of likely N-dealkylation sites (tertiary alicyclic amines) is 1. The molecule has 0 radical (unpaired) electrons. The van der Waals surface area contributed by atoms with Gasteiger partial charge in [0.05, 0.1) is 29.6 Å². The molecule has 0 aliphatic carbocycles. The van der Waals surface area contributed by atoms with E-state index >= 15 is 0 Å². The number of piperidine rings is 1. The van der Waals surface area contributed by atoms with Gasteiger partial charge in [0, 0.05) is 73.2 Å². The maximum absolute atomic E-state index is 13.6. The lowest BCUT2D eigenvalue weighted by Gasteiger charge is -2.29. The van der Waals surface area contributed by atoms with Crippen molar-refractivity contribution in [3.8, 4) is 22.6 Å². The van der Waals surface area contributed by atoms with Crippen LogP contribution in [0.2, 0.25) is 0 Å². The number of anilines is 1. The number of halogens is 2. The third-order valence-electron chi connectivity index (χ3n) is 7.65. The average molecular weight is 515 g/mol. The molecule has 10 heteroatoms. The molecule has 0 aromatic carbocycles. The minimum atomic E-state index is -2.61. The SMILES string of the molecule is FC1(F)CCN(Cc2cncc(-c3cc4c(-c5cc6c(N7CCCCC7)ccnc6[nH]5)n[nH]c4cn3)c2)C1. The highest BCUT2D eigenvalue weighted by Crippen LogP contribution is 2.34. The van der Waals surface area contributed by atoms with Crippen molar-refractivity contribution in [1.29, 1.82) is 0 Å². The van der Waals surface area contributed by atoms with Gasteiger partial charge in [-0.15, -0.1) is 0 Å². The van der Waals surface area contributed by atoms with Crippen LogP contribution in [0.15, 0.2) is 49.1 Å². The number of aromatic amines is 2. The molecule has 2 aliphatic rings. The Hall–Kier alpha value is -3.92. The Labute approximate surface area is 218 Å². The molecular formula is C28H28F2N8. The number of H-pyrrole nitrogens is 2. The quantitative estimate of drug-likeness (QED) is 0.327. The number of nitrogens with zero attached hydrogens (tertiary/aromatic N) is 6. The molecule has 38 heavy (non-hydrogen) atoms. The lowest BCUT2D eigenvalue weighted by molar-refractivity contribution is 0.0115. The molecule has 2 fully saturated rings. The van der Waals surface area contributed by atoms with Crippen LogP contribution in [0.3, 0.4) is 0 Å². The van der Waals surface area contributed by atoms with Crippen molar-refractivity contribution < 1.29 is 8.78 Å². The second kappa shape index (κ2) is 9.13. The van der Waals surface area contributed by atoms with Crippen molar-refractivity contribution in [2.75, 3.05) is 31.1 Å². The Morgan fingerprint density at radius 3 is 2.68 bits per heavy atom. The standard InChI is InChI=1S/C28H28F2N8/c29-28(30)5-9-37(17-28)16-18-10-19(14-31-13-18)22-11-20-24(15-33-22)35-36-26(20)23-12-21-25(4-6-32-27(21)34-23)38-7-2-1-3-8-38/h4,6,10-15H,1-3,5,7-9,16-17H2,(H,32,34)(H,35,36). The Balaban J connectivity index is 1.22. The van der Waals surface area contributed by atoms with Crippen molar-refractivity contribution in [2.24, 2.45) is 0 Å². The lowest BCUT2D eigenvalue weighted by atomic mass is 10.1. The third-order valence-corrected chi connectivity index (χ3v) is 7.65. The van der Waals surface area contributed by atoms with E-state index in [-0.39, 0.29) is 13.0 Å². The van der Waals surface area contributed by atoms with Gasteiger partial charge in [0.1, 0.15) is 11.3 Å². The Bertz CT molecular complexity index is 1620. The number of hydrogen-bond donors (Lipinski definition) is 2. The summed E-state index contributed by atoms with van der Waals surface area (Å²) in [6.07, 6.45) is 10.7. The number of aromatic nitrogens is 6. The van der Waals surface area contributed by atoms with Gasteiger partial charge >= 0.3 is 0 Å². The van der Waals surface area contributed by atoms with Crippen molar-refractivity contribution in [2.45, 2.75) is 38.2 Å². The van der Waals surface area contributed by atoms with Crippen LogP contribution < -0.4 is 4.90 Å². The normalized spacial score (nSPS) is 18.1. The monoisotopic (exact) mass is 514 g/mol. The summed E-state index contributed by atoms with van der Waals surface area (Å²) in [6, 6.07) is 8.22. The number of alkyl halides is 2. The molecule has 8 nitrogen and oxygen atoms in total. The van der Waals surface area contributed by atoms with E-state index in [4.69, 9.17) is 0 Å². The number of hydrogen-bond acceptors (Lipinski definition) is 6. The largest absolute Gasteiger partial charge is 0.371 e. The van der Waals surface area contributed by atoms with Crippen LogP contribution in [0.4, 0.5) is 14.5 Å². The van der Waals surface area contributed by atoms with Crippen LogP contribution in [0.25, 0.3) is 44.6 Å². The molecule has 0 atom stereocenters. The van der Waals surface area contributed by atoms with Gasteiger partial charge in [0.15, 0.2) is 0 Å². The summed E-state index contributed by atoms with van der Waals surface area (Å²) in [7, 11) is 0. The number of nitrogens with one attached hydrogen (secondary N) is 2. The highest BCUT2D eigenvalue weighted by molar-refractivity contribution is 5.99. The molecule has 2 N–H and O–H groups in total. The molecule has 7 heterocycles. The Morgan fingerprint density at radius 1 is 0.947 bits per heavy atom. The number of pyridine rings is 3. The molecule has 0 unspecified atom stereocenters. The molecule has 2 saturated heterocycles. The second-order valence-electron chi connectivity index (χ2n) is 10.4. The number of fused-ring (bicyclic) bond motifs is 2. The zero-order valence-corrected chi connectivity index (χ0v) is 20.9. The van der Waals surface area contributed by atoms with E-state index in [1.165, 1.54) is 24.9 Å². The highest BCUT2D eigenvalue weighted by atomic mass is 19.3. The molecule has 5 aromatic rings. The van der Waals surface area contributed by atoms with Gasteiger partial charge in [0.25, 0.3) is 5.92 Å². The first-order valence-corrected chi connectivity index (χ1v) is 13.1. The summed E-state index contributed by atoms with van der Waals surface area (Å²) in [5.41, 5.74) is 7.06. The smallest absolute Gasteiger partial charge is 0.261 e. The summed E-state index contributed by atoms with van der Waals surface area (Å²) in [6.45, 7) is 2.74. The molecule has 2 aliphatic heterocycles. The molecule has 194 valence electrons. The van der Waals surface area contributed by atoms with Crippen molar-refractivity contribution in [3.05, 3.63) is 54.6 Å². The van der Waals surface area contributed by atoms with Crippen LogP contribution >= 0.6 is 0 Å². The molecule has 0 amide bonds. The predicted molar refractivity (Wildman–Crippen MR) is 143 cm³/mol. The fourth-order valence-electron chi connectivity index (χ4n) is 5.75. The van der Waals surface area contributed by atoms with E-state index in [2.05, 4.69) is 47.2 Å². The maximum atomic E-state index is 13.6. The minimum Gasteiger partial charge on any atom is -0.371 e. The van der Waals surface area contributed by atoms with Gasteiger partial charge < -0.3 is 9.88 Å². The fraction of sp³-hybridized carbons (Fsp3) is 0.357. The van der Waals surface area contributed by atoms with Gasteiger partial charge in [-0.2, -0.15) is 5.10 Å². The predicted octanol–water partition coefficient (Wildman–Crippen LogP) is 5.39. The Kier molecular flexibility index (Phi) is 5.57. The average Bonchev–Trinajstić information content (AvgIpc) is 3.64. The van der Waals surface area contributed by atoms with Crippen LogP contribution in [0.5, 0.6) is 0 Å². The molecule has 0 saturated carbocycles. The van der Waals surface area contributed by atoms with Crippen molar-refractivity contribution in [1.82, 2.24) is 35.0 Å². The van der Waals surface area contributed by atoms with Crippen LogP contribution in [0, 0.1) is 0 Å². The van der Waals surface area contributed by atoms with Crippen LogP contribution in [0.1, 0.15) is 31.2 Å². The van der Waals surface area contributed by atoms with E-state index in [0.717, 1.165) is 63.2 Å². The first-order valence-electron chi connectivity index (χ1n) is 13.1. The molecule has 0 bridgehead atoms. The van der Waals surface area contributed by atoms with E-state index in [1.54, 1.807) is 23.5 Å². The number of rotatable bonds is 5. The van der Waals surface area contributed by atoms with Gasteiger partial charge in [-0.25, -0.2) is 13.8 Å².